The molecule has 0 aliphatic carbocycles. The SMILES string of the molecule is CC(C)=CCOc1ccc(S(=O)(=O)c2ccc(OCCCN=C(N)N)cc2)cc1. The van der Waals surface area contributed by atoms with Gasteiger partial charge in [0.15, 0.2) is 5.96 Å². The van der Waals surface area contributed by atoms with E-state index in [0.717, 1.165) is 5.57 Å². The third-order valence-corrected chi connectivity index (χ3v) is 5.66. The van der Waals surface area contributed by atoms with Crippen LogP contribution in [-0.2, 0) is 9.84 Å². The number of nitrogens with zero attached hydrogens (tertiary/aromatic N) is 1. The molecule has 29 heavy (non-hydrogen) atoms. The molecule has 2 aromatic rings. The molecule has 0 fully saturated rings. The van der Waals surface area contributed by atoms with Crippen molar-refractivity contribution in [1.29, 1.82) is 0 Å². The Labute approximate surface area is 172 Å². The first-order valence-corrected chi connectivity index (χ1v) is 10.7. The lowest BCUT2D eigenvalue weighted by Crippen LogP contribution is -2.23. The van der Waals surface area contributed by atoms with Crippen molar-refractivity contribution in [2.75, 3.05) is 19.8 Å². The number of nitrogens with two attached hydrogens (primary N) is 2. The van der Waals surface area contributed by atoms with Crippen molar-refractivity contribution in [1.82, 2.24) is 0 Å². The van der Waals surface area contributed by atoms with Crippen LogP contribution in [0.3, 0.4) is 0 Å². The molecule has 7 nitrogen and oxygen atoms in total. The smallest absolute Gasteiger partial charge is 0.206 e. The lowest BCUT2D eigenvalue weighted by Gasteiger charge is -2.09. The standard InChI is InChI=1S/C21H27N3O4S/c1-16(2)12-15-28-18-6-10-20(11-7-18)29(25,26)19-8-4-17(5-9-19)27-14-3-13-24-21(22)23/h4-12H,3,13-15H2,1-2H3,(H4,22,23,24). The third-order valence-electron chi connectivity index (χ3n) is 3.88. The van der Waals surface area contributed by atoms with Crippen LogP contribution < -0.4 is 20.9 Å². The zero-order valence-electron chi connectivity index (χ0n) is 16.7. The maximum absolute atomic E-state index is 12.8. The number of allylic oxidation sites excluding steroid dienone is 1. The maximum Gasteiger partial charge on any atom is 0.206 e. The minimum atomic E-state index is -3.61. The van der Waals surface area contributed by atoms with Crippen LogP contribution in [0.4, 0.5) is 0 Å². The van der Waals surface area contributed by atoms with E-state index in [4.69, 9.17) is 20.9 Å². The van der Waals surface area contributed by atoms with E-state index >= 15 is 0 Å². The topological polar surface area (TPSA) is 117 Å². The second-order valence-corrected chi connectivity index (χ2v) is 8.50. The monoisotopic (exact) mass is 417 g/mol. The zero-order valence-corrected chi connectivity index (χ0v) is 17.5. The van der Waals surface area contributed by atoms with Gasteiger partial charge in [0.1, 0.15) is 18.1 Å². The summed E-state index contributed by atoms with van der Waals surface area (Å²) < 4.78 is 36.7. The molecule has 2 rings (SSSR count). The van der Waals surface area contributed by atoms with Crippen LogP contribution in [0.1, 0.15) is 20.3 Å². The van der Waals surface area contributed by atoms with E-state index in [9.17, 15) is 8.42 Å². The molecule has 0 aliphatic heterocycles. The molecule has 156 valence electrons. The highest BCUT2D eigenvalue weighted by atomic mass is 32.2. The highest BCUT2D eigenvalue weighted by Gasteiger charge is 2.17. The Hall–Kier alpha value is -3.00. The highest BCUT2D eigenvalue weighted by molar-refractivity contribution is 7.91. The number of benzene rings is 2. The summed E-state index contributed by atoms with van der Waals surface area (Å²) in [6.45, 7) is 5.33. The molecule has 0 aromatic heterocycles. The van der Waals surface area contributed by atoms with Gasteiger partial charge in [0, 0.05) is 13.0 Å². The highest BCUT2D eigenvalue weighted by Crippen LogP contribution is 2.25. The second kappa shape index (κ2) is 10.5. The number of aliphatic imine (C=N–C) groups is 1. The van der Waals surface area contributed by atoms with Gasteiger partial charge in [-0.3, -0.25) is 4.99 Å². The first-order valence-electron chi connectivity index (χ1n) is 9.18. The van der Waals surface area contributed by atoms with Crippen molar-refractivity contribution in [3.05, 3.63) is 60.2 Å². The van der Waals surface area contributed by atoms with E-state index in [1.807, 2.05) is 19.9 Å². The molecule has 0 amide bonds. The summed E-state index contributed by atoms with van der Waals surface area (Å²) in [5, 5.41) is 0. The Morgan fingerprint density at radius 1 is 0.931 bits per heavy atom. The largest absolute Gasteiger partial charge is 0.494 e. The van der Waals surface area contributed by atoms with Crippen molar-refractivity contribution in [2.24, 2.45) is 16.5 Å². The van der Waals surface area contributed by atoms with Gasteiger partial charge in [-0.25, -0.2) is 8.42 Å². The first kappa shape index (κ1) is 22.3. The minimum absolute atomic E-state index is 0.0482. The Kier molecular flexibility index (Phi) is 8.09. The number of hydrogen-bond donors (Lipinski definition) is 2. The number of rotatable bonds is 10. The normalized spacial score (nSPS) is 10.8. The quantitative estimate of drug-likeness (QED) is 0.266. The molecule has 0 saturated carbocycles. The predicted molar refractivity (Wildman–Crippen MR) is 114 cm³/mol. The number of sulfone groups is 1. The first-order chi connectivity index (χ1) is 13.8. The fourth-order valence-corrected chi connectivity index (χ4v) is 3.59. The summed E-state index contributed by atoms with van der Waals surface area (Å²) in [7, 11) is -3.61. The predicted octanol–water partition coefficient (Wildman–Crippen LogP) is 2.91. The van der Waals surface area contributed by atoms with E-state index in [1.165, 1.54) is 12.1 Å². The second-order valence-electron chi connectivity index (χ2n) is 6.55. The molecule has 0 aliphatic rings. The van der Waals surface area contributed by atoms with Gasteiger partial charge < -0.3 is 20.9 Å². The molecular formula is C21H27N3O4S. The van der Waals surface area contributed by atoms with Crippen LogP contribution in [0.15, 0.2) is 75.0 Å². The van der Waals surface area contributed by atoms with Gasteiger partial charge in [0.25, 0.3) is 0 Å². The molecule has 0 radical (unpaired) electrons. The van der Waals surface area contributed by atoms with Gasteiger partial charge in [-0.2, -0.15) is 0 Å². The molecule has 0 bridgehead atoms. The maximum atomic E-state index is 12.8. The van der Waals surface area contributed by atoms with Crippen molar-refractivity contribution >= 4 is 15.8 Å². The van der Waals surface area contributed by atoms with Crippen molar-refractivity contribution in [2.45, 2.75) is 30.1 Å². The van der Waals surface area contributed by atoms with Gasteiger partial charge in [-0.15, -0.1) is 0 Å². The Morgan fingerprint density at radius 2 is 1.45 bits per heavy atom. The summed E-state index contributed by atoms with van der Waals surface area (Å²) >= 11 is 0. The van der Waals surface area contributed by atoms with Crippen LogP contribution in [0, 0.1) is 0 Å². The lowest BCUT2D eigenvalue weighted by molar-refractivity contribution is 0.313. The molecule has 0 spiro atoms. The number of hydrogen-bond acceptors (Lipinski definition) is 5. The van der Waals surface area contributed by atoms with Gasteiger partial charge in [0.05, 0.1) is 16.4 Å². The number of ether oxygens (including phenoxy) is 2. The summed E-state index contributed by atoms with van der Waals surface area (Å²) in [6.07, 6.45) is 2.61. The summed E-state index contributed by atoms with van der Waals surface area (Å²) in [5.74, 6) is 1.25. The molecule has 0 atom stereocenters. The van der Waals surface area contributed by atoms with Gasteiger partial charge in [0.2, 0.25) is 9.84 Å². The van der Waals surface area contributed by atoms with Crippen LogP contribution in [0.5, 0.6) is 11.5 Å². The molecule has 4 N–H and O–H groups in total. The fourth-order valence-electron chi connectivity index (χ4n) is 2.33. The number of guanidine groups is 1. The van der Waals surface area contributed by atoms with Crippen molar-refractivity contribution < 1.29 is 17.9 Å². The van der Waals surface area contributed by atoms with E-state index < -0.39 is 9.84 Å². The summed E-state index contributed by atoms with van der Waals surface area (Å²) in [4.78, 5) is 4.27. The third kappa shape index (κ3) is 7.15. The average Bonchev–Trinajstić information content (AvgIpc) is 2.68. The van der Waals surface area contributed by atoms with Crippen molar-refractivity contribution in [3.8, 4) is 11.5 Å². The molecule has 0 heterocycles. The summed E-state index contributed by atoms with van der Waals surface area (Å²) in [5.41, 5.74) is 11.7. The Morgan fingerprint density at radius 3 is 1.93 bits per heavy atom. The van der Waals surface area contributed by atoms with Crippen molar-refractivity contribution in [3.63, 3.8) is 0 Å². The van der Waals surface area contributed by atoms with E-state index in [0.29, 0.717) is 37.7 Å². The van der Waals surface area contributed by atoms with Crippen LogP contribution in [0.2, 0.25) is 0 Å². The fraction of sp³-hybridized carbons (Fsp3) is 0.286. The molecular weight excluding hydrogens is 390 g/mol. The van der Waals surface area contributed by atoms with E-state index in [1.54, 1.807) is 36.4 Å². The van der Waals surface area contributed by atoms with E-state index in [2.05, 4.69) is 4.99 Å². The van der Waals surface area contributed by atoms with Gasteiger partial charge in [-0.05, 0) is 68.5 Å². The molecule has 0 saturated heterocycles. The minimum Gasteiger partial charge on any atom is -0.494 e. The molecule has 2 aromatic carbocycles. The molecule has 8 heteroatoms. The summed E-state index contributed by atoms with van der Waals surface area (Å²) in [6, 6.07) is 12.7. The lowest BCUT2D eigenvalue weighted by atomic mass is 10.3. The Balaban J connectivity index is 1.98. The Bertz CT molecular complexity index is 942. The molecule has 0 unspecified atom stereocenters. The van der Waals surface area contributed by atoms with Crippen LogP contribution in [-0.4, -0.2) is 34.1 Å². The van der Waals surface area contributed by atoms with Crippen LogP contribution in [0.25, 0.3) is 0 Å². The van der Waals surface area contributed by atoms with Gasteiger partial charge >= 0.3 is 0 Å². The average molecular weight is 418 g/mol. The van der Waals surface area contributed by atoms with Crippen LogP contribution >= 0.6 is 0 Å². The van der Waals surface area contributed by atoms with E-state index in [-0.39, 0.29) is 15.8 Å². The van der Waals surface area contributed by atoms with Gasteiger partial charge in [-0.1, -0.05) is 5.57 Å². The zero-order chi connectivity index (χ0) is 21.3.